The topological polar surface area (TPSA) is 63.4 Å². The summed E-state index contributed by atoms with van der Waals surface area (Å²) in [6.07, 6.45) is 5.25. The van der Waals surface area contributed by atoms with E-state index in [0.717, 1.165) is 32.1 Å². The number of aryl methyl sites for hydroxylation is 1. The fourth-order valence-corrected chi connectivity index (χ4v) is 3.39. The maximum atomic E-state index is 11.2. The lowest BCUT2D eigenvalue weighted by molar-refractivity contribution is -0.538. The molecule has 1 saturated carbocycles. The minimum atomic E-state index is -0.461. The van der Waals surface area contributed by atoms with Crippen LogP contribution in [0.15, 0.2) is 30.3 Å². The van der Waals surface area contributed by atoms with E-state index in [1.807, 2.05) is 18.2 Å². The monoisotopic (exact) mass is 277 g/mol. The zero-order chi connectivity index (χ0) is 14.4. The van der Waals surface area contributed by atoms with Crippen molar-refractivity contribution in [1.82, 2.24) is 0 Å². The molecule has 0 spiro atoms. The Balaban J connectivity index is 1.97. The highest BCUT2D eigenvalue weighted by atomic mass is 16.6. The summed E-state index contributed by atoms with van der Waals surface area (Å²) in [4.78, 5) is 11.1. The van der Waals surface area contributed by atoms with Gasteiger partial charge in [0.05, 0.1) is 0 Å². The van der Waals surface area contributed by atoms with Crippen LogP contribution < -0.4 is 0 Å². The molecule has 20 heavy (non-hydrogen) atoms. The molecule has 1 aromatic carbocycles. The second-order valence-electron chi connectivity index (χ2n) is 5.77. The van der Waals surface area contributed by atoms with E-state index >= 15 is 0 Å². The largest absolute Gasteiger partial charge is 0.396 e. The Hall–Kier alpha value is -1.42. The number of aliphatic hydroxyl groups is 1. The van der Waals surface area contributed by atoms with E-state index in [4.69, 9.17) is 0 Å². The van der Waals surface area contributed by atoms with Crippen molar-refractivity contribution in [2.45, 2.75) is 44.6 Å². The SMILES string of the molecule is O=[N+]([O-])[C@H]1CCCC[C@H]1[C@@H](CO)CCc1ccccc1. The van der Waals surface area contributed by atoms with Gasteiger partial charge in [0.15, 0.2) is 0 Å². The van der Waals surface area contributed by atoms with Gasteiger partial charge in [-0.2, -0.15) is 0 Å². The van der Waals surface area contributed by atoms with Crippen LogP contribution in [-0.2, 0) is 6.42 Å². The molecular weight excluding hydrogens is 254 g/mol. The second-order valence-corrected chi connectivity index (χ2v) is 5.77. The fourth-order valence-electron chi connectivity index (χ4n) is 3.39. The summed E-state index contributed by atoms with van der Waals surface area (Å²) in [6.45, 7) is 0.0574. The molecule has 2 rings (SSSR count). The molecular formula is C16H23NO3. The predicted molar refractivity (Wildman–Crippen MR) is 78.1 cm³/mol. The highest BCUT2D eigenvalue weighted by Crippen LogP contribution is 2.34. The lowest BCUT2D eigenvalue weighted by atomic mass is 9.75. The van der Waals surface area contributed by atoms with Crippen molar-refractivity contribution in [2.75, 3.05) is 6.61 Å². The molecule has 0 bridgehead atoms. The van der Waals surface area contributed by atoms with Gasteiger partial charge in [-0.3, -0.25) is 10.1 Å². The van der Waals surface area contributed by atoms with Gasteiger partial charge < -0.3 is 5.11 Å². The van der Waals surface area contributed by atoms with Crippen molar-refractivity contribution in [3.63, 3.8) is 0 Å². The molecule has 1 aliphatic rings. The molecule has 0 aromatic heterocycles. The van der Waals surface area contributed by atoms with Crippen LogP contribution in [0.25, 0.3) is 0 Å². The number of nitro groups is 1. The van der Waals surface area contributed by atoms with Crippen LogP contribution in [-0.4, -0.2) is 22.7 Å². The van der Waals surface area contributed by atoms with E-state index in [-0.39, 0.29) is 23.4 Å². The first-order valence-corrected chi connectivity index (χ1v) is 7.50. The molecule has 4 nitrogen and oxygen atoms in total. The van der Waals surface area contributed by atoms with Gasteiger partial charge in [0.2, 0.25) is 6.04 Å². The van der Waals surface area contributed by atoms with Crippen LogP contribution in [0.2, 0.25) is 0 Å². The minimum Gasteiger partial charge on any atom is -0.396 e. The molecule has 0 aliphatic heterocycles. The van der Waals surface area contributed by atoms with Gasteiger partial charge in [-0.05, 0) is 37.2 Å². The van der Waals surface area contributed by atoms with E-state index in [1.54, 1.807) is 0 Å². The van der Waals surface area contributed by atoms with Crippen molar-refractivity contribution in [3.05, 3.63) is 46.0 Å². The predicted octanol–water partition coefficient (Wildman–Crippen LogP) is 3.06. The summed E-state index contributed by atoms with van der Waals surface area (Å²) in [5, 5.41) is 20.8. The molecule has 110 valence electrons. The average Bonchev–Trinajstić information content (AvgIpc) is 2.49. The van der Waals surface area contributed by atoms with Gasteiger partial charge >= 0.3 is 0 Å². The molecule has 0 amide bonds. The maximum absolute atomic E-state index is 11.2. The number of aliphatic hydroxyl groups excluding tert-OH is 1. The summed E-state index contributed by atoms with van der Waals surface area (Å²) in [7, 11) is 0. The smallest absolute Gasteiger partial charge is 0.216 e. The van der Waals surface area contributed by atoms with Crippen LogP contribution in [0.5, 0.6) is 0 Å². The normalized spacial score (nSPS) is 24.2. The van der Waals surface area contributed by atoms with Gasteiger partial charge in [0.25, 0.3) is 0 Å². The lowest BCUT2D eigenvalue weighted by Gasteiger charge is -2.31. The van der Waals surface area contributed by atoms with Gasteiger partial charge in [0, 0.05) is 23.9 Å². The molecule has 0 radical (unpaired) electrons. The number of rotatable bonds is 6. The number of benzene rings is 1. The summed E-state index contributed by atoms with van der Waals surface area (Å²) >= 11 is 0. The van der Waals surface area contributed by atoms with E-state index in [0.29, 0.717) is 6.42 Å². The Morgan fingerprint density at radius 2 is 1.95 bits per heavy atom. The third-order valence-corrected chi connectivity index (χ3v) is 4.54. The van der Waals surface area contributed by atoms with E-state index in [9.17, 15) is 15.2 Å². The number of nitrogens with zero attached hydrogens (tertiary/aromatic N) is 1. The van der Waals surface area contributed by atoms with Crippen molar-refractivity contribution < 1.29 is 10.0 Å². The highest BCUT2D eigenvalue weighted by molar-refractivity contribution is 5.14. The molecule has 0 heterocycles. The summed E-state index contributed by atoms with van der Waals surface area (Å²) in [6, 6.07) is 9.67. The highest BCUT2D eigenvalue weighted by Gasteiger charge is 2.38. The Labute approximate surface area is 120 Å². The number of hydrogen-bond acceptors (Lipinski definition) is 3. The van der Waals surface area contributed by atoms with Gasteiger partial charge in [-0.25, -0.2) is 0 Å². The van der Waals surface area contributed by atoms with Gasteiger partial charge in [0.1, 0.15) is 0 Å². The van der Waals surface area contributed by atoms with Crippen LogP contribution in [0.3, 0.4) is 0 Å². The van der Waals surface area contributed by atoms with E-state index < -0.39 is 6.04 Å². The average molecular weight is 277 g/mol. The first-order valence-electron chi connectivity index (χ1n) is 7.50. The molecule has 3 atom stereocenters. The lowest BCUT2D eigenvalue weighted by Crippen LogP contribution is -2.38. The Morgan fingerprint density at radius 1 is 1.25 bits per heavy atom. The first kappa shape index (κ1) is 15.0. The molecule has 1 N–H and O–H groups in total. The van der Waals surface area contributed by atoms with Crippen molar-refractivity contribution in [2.24, 2.45) is 11.8 Å². The maximum Gasteiger partial charge on any atom is 0.216 e. The van der Waals surface area contributed by atoms with Gasteiger partial charge in [-0.1, -0.05) is 36.8 Å². The minimum absolute atomic E-state index is 0.0347. The van der Waals surface area contributed by atoms with Crippen molar-refractivity contribution in [3.8, 4) is 0 Å². The van der Waals surface area contributed by atoms with Crippen LogP contribution >= 0.6 is 0 Å². The van der Waals surface area contributed by atoms with Crippen molar-refractivity contribution >= 4 is 0 Å². The first-order chi connectivity index (χ1) is 9.72. The molecule has 1 aromatic rings. The third-order valence-electron chi connectivity index (χ3n) is 4.54. The van der Waals surface area contributed by atoms with Crippen LogP contribution in [0.4, 0.5) is 0 Å². The molecule has 1 aliphatic carbocycles. The van der Waals surface area contributed by atoms with Crippen LogP contribution in [0.1, 0.15) is 37.7 Å². The molecule has 1 fully saturated rings. The van der Waals surface area contributed by atoms with E-state index in [1.165, 1.54) is 5.56 Å². The zero-order valence-corrected chi connectivity index (χ0v) is 11.8. The van der Waals surface area contributed by atoms with Crippen molar-refractivity contribution in [1.29, 1.82) is 0 Å². The summed E-state index contributed by atoms with van der Waals surface area (Å²) in [5.74, 6) is 0.0818. The Kier molecular flexibility index (Phi) is 5.53. The van der Waals surface area contributed by atoms with E-state index in [2.05, 4.69) is 12.1 Å². The Morgan fingerprint density at radius 3 is 2.60 bits per heavy atom. The second kappa shape index (κ2) is 7.39. The third kappa shape index (κ3) is 3.79. The molecule has 0 saturated heterocycles. The molecule has 0 unspecified atom stereocenters. The Bertz CT molecular complexity index is 421. The summed E-state index contributed by atoms with van der Waals surface area (Å²) < 4.78 is 0. The number of hydrogen-bond donors (Lipinski definition) is 1. The van der Waals surface area contributed by atoms with Crippen LogP contribution in [0, 0.1) is 22.0 Å². The summed E-state index contributed by atoms with van der Waals surface area (Å²) in [5.41, 5.74) is 1.24. The quantitative estimate of drug-likeness (QED) is 0.642. The zero-order valence-electron chi connectivity index (χ0n) is 11.8. The fraction of sp³-hybridized carbons (Fsp3) is 0.625. The molecule has 4 heteroatoms. The van der Waals surface area contributed by atoms with Gasteiger partial charge in [-0.15, -0.1) is 0 Å². The standard InChI is InChI=1S/C16H23NO3/c18-12-14(11-10-13-6-2-1-3-7-13)15-8-4-5-9-16(15)17(19)20/h1-3,6-7,14-16,18H,4-5,8-12H2/t14-,15+,16+/m1/s1.